The van der Waals surface area contributed by atoms with Crippen molar-refractivity contribution < 1.29 is 33.2 Å². The van der Waals surface area contributed by atoms with Gasteiger partial charge in [0.2, 0.25) is 0 Å². The molecule has 4 aromatic carbocycles. The molecule has 1 saturated heterocycles. The van der Waals surface area contributed by atoms with Gasteiger partial charge in [0.25, 0.3) is 5.91 Å². The fraction of sp³-hybridized carbons (Fsp3) is 0.216. The number of hydrogen-bond donors (Lipinski definition) is 2. The molecule has 1 aliphatic rings. The molecule has 7 rings (SSSR count). The molecule has 2 aromatic heterocycles. The van der Waals surface area contributed by atoms with E-state index in [1.807, 2.05) is 78.9 Å². The summed E-state index contributed by atoms with van der Waals surface area (Å²) in [6.45, 7) is -0.217. The Morgan fingerprint density at radius 3 is 2.04 bits per heavy atom. The highest BCUT2D eigenvalue weighted by Gasteiger charge is 2.48. The Morgan fingerprint density at radius 2 is 1.44 bits per heavy atom. The summed E-state index contributed by atoms with van der Waals surface area (Å²) < 4.78 is 40.9. The number of rotatable bonds is 11. The predicted octanol–water partition coefficient (Wildman–Crippen LogP) is 5.10. The zero-order valence-electron chi connectivity index (χ0n) is 27.1. The van der Waals surface area contributed by atoms with Crippen LogP contribution < -0.4 is 14.8 Å². The molecule has 254 valence electrons. The number of methoxy groups -OCH3 is 2. The summed E-state index contributed by atoms with van der Waals surface area (Å²) in [5, 5.41) is 22.1. The number of nitrogens with zero attached hydrogens (tertiary/aromatic N) is 5. The number of benzene rings is 4. The minimum atomic E-state index is -1.92. The molecule has 0 bridgehead atoms. The topological polar surface area (TPSA) is 143 Å². The third kappa shape index (κ3) is 6.02. The first kappa shape index (κ1) is 32.8. The van der Waals surface area contributed by atoms with Gasteiger partial charge in [-0.2, -0.15) is 4.68 Å². The third-order valence-corrected chi connectivity index (χ3v) is 8.70. The molecule has 13 heteroatoms. The molecule has 1 unspecified atom stereocenters. The van der Waals surface area contributed by atoms with Crippen molar-refractivity contribution >= 4 is 22.9 Å². The minimum absolute atomic E-state index is 0.0931. The Kier molecular flexibility index (Phi) is 9.17. The molecule has 6 aromatic rings. The normalized spacial score (nSPS) is 19.0. The molecule has 1 aliphatic heterocycles. The van der Waals surface area contributed by atoms with E-state index in [1.54, 1.807) is 44.6 Å². The molecular weight excluding hydrogens is 643 g/mol. The van der Waals surface area contributed by atoms with Gasteiger partial charge in [-0.05, 0) is 53.1 Å². The van der Waals surface area contributed by atoms with E-state index in [0.29, 0.717) is 17.1 Å². The number of aliphatic hydroxyl groups is 1. The molecule has 50 heavy (non-hydrogen) atoms. The third-order valence-electron chi connectivity index (χ3n) is 8.70. The molecule has 3 heterocycles. The standard InChI is InChI=1S/C37H33FN6O6/c1-47-27-17-13-25(14-18-27)37(24-11-7-4-8-12-24,26-15-19-28(48-2)20-16-26)49-21-29-32(45)30(38)36(50-29)44-34-31(42-43-44)33(39-22-40-34)41-35(46)23-9-5-3-6-10-23/h3-20,22,29-30,32,36,45H,21H2,1-2H3,(H,39,40,41,46)/t29?,30-,32+,36+/m0/s1. The fourth-order valence-corrected chi connectivity index (χ4v) is 6.12. The Balaban J connectivity index is 1.20. The molecule has 0 saturated carbocycles. The molecule has 1 amide bonds. The second-order valence-corrected chi connectivity index (χ2v) is 11.6. The molecule has 12 nitrogen and oxygen atoms in total. The Labute approximate surface area is 286 Å². The quantitative estimate of drug-likeness (QED) is 0.178. The summed E-state index contributed by atoms with van der Waals surface area (Å²) in [4.78, 5) is 21.2. The smallest absolute Gasteiger partial charge is 0.256 e. The summed E-state index contributed by atoms with van der Waals surface area (Å²) >= 11 is 0. The first-order chi connectivity index (χ1) is 24.4. The van der Waals surface area contributed by atoms with Crippen molar-refractivity contribution in [1.82, 2.24) is 25.0 Å². The van der Waals surface area contributed by atoms with E-state index in [4.69, 9.17) is 18.9 Å². The molecular formula is C37H33FN6O6. The number of hydrogen-bond acceptors (Lipinski definition) is 10. The van der Waals surface area contributed by atoms with E-state index in [9.17, 15) is 9.90 Å². The minimum Gasteiger partial charge on any atom is -0.497 e. The van der Waals surface area contributed by atoms with Crippen molar-refractivity contribution in [3.8, 4) is 11.5 Å². The van der Waals surface area contributed by atoms with Gasteiger partial charge in [0.05, 0.1) is 20.8 Å². The lowest BCUT2D eigenvalue weighted by Crippen LogP contribution is -2.39. The fourth-order valence-electron chi connectivity index (χ4n) is 6.12. The van der Waals surface area contributed by atoms with Crippen LogP contribution in [0.3, 0.4) is 0 Å². The van der Waals surface area contributed by atoms with Gasteiger partial charge in [0.15, 0.2) is 29.4 Å². The van der Waals surface area contributed by atoms with Crippen LogP contribution in [0.25, 0.3) is 11.2 Å². The highest BCUT2D eigenvalue weighted by atomic mass is 19.1. The van der Waals surface area contributed by atoms with Crippen molar-refractivity contribution in [1.29, 1.82) is 0 Å². The molecule has 1 fully saturated rings. The van der Waals surface area contributed by atoms with Gasteiger partial charge in [0, 0.05) is 5.56 Å². The van der Waals surface area contributed by atoms with Crippen LogP contribution >= 0.6 is 0 Å². The first-order valence-electron chi connectivity index (χ1n) is 15.8. The number of nitrogens with one attached hydrogen (secondary N) is 1. The average Bonchev–Trinajstić information content (AvgIpc) is 3.73. The van der Waals surface area contributed by atoms with Crippen LogP contribution in [0, 0.1) is 0 Å². The average molecular weight is 677 g/mol. The van der Waals surface area contributed by atoms with Crippen LogP contribution in [0.1, 0.15) is 33.3 Å². The zero-order valence-corrected chi connectivity index (χ0v) is 27.1. The first-order valence-corrected chi connectivity index (χ1v) is 15.8. The Bertz CT molecular complexity index is 2020. The van der Waals surface area contributed by atoms with E-state index < -0.39 is 36.1 Å². The predicted molar refractivity (Wildman–Crippen MR) is 181 cm³/mol. The maximum Gasteiger partial charge on any atom is 0.256 e. The molecule has 2 N–H and O–H groups in total. The van der Waals surface area contributed by atoms with E-state index >= 15 is 4.39 Å². The monoisotopic (exact) mass is 676 g/mol. The van der Waals surface area contributed by atoms with Crippen LogP contribution in [-0.2, 0) is 15.1 Å². The number of amides is 1. The highest BCUT2D eigenvalue weighted by molar-refractivity contribution is 6.06. The van der Waals surface area contributed by atoms with E-state index in [-0.39, 0.29) is 23.6 Å². The number of aliphatic hydroxyl groups excluding tert-OH is 1. The summed E-state index contributed by atoms with van der Waals surface area (Å²) in [5.41, 5.74) is 1.76. The highest BCUT2D eigenvalue weighted by Crippen LogP contribution is 2.43. The number of aromatic nitrogens is 5. The largest absolute Gasteiger partial charge is 0.497 e. The van der Waals surface area contributed by atoms with Gasteiger partial charge in [-0.3, -0.25) is 4.79 Å². The summed E-state index contributed by atoms with van der Waals surface area (Å²) in [6.07, 6.45) is -4.81. The van der Waals surface area contributed by atoms with Crippen molar-refractivity contribution in [2.24, 2.45) is 0 Å². The Hall–Kier alpha value is -5.76. The van der Waals surface area contributed by atoms with E-state index in [0.717, 1.165) is 21.4 Å². The SMILES string of the molecule is COc1ccc(C(OCC2O[C@@H](n3nnc4c(NC(=O)c5ccccc5)ncnc43)[C@@H](F)[C@@H]2O)(c2ccccc2)c2ccc(OC)cc2)cc1. The van der Waals surface area contributed by atoms with Crippen molar-refractivity contribution in [2.75, 3.05) is 26.1 Å². The lowest BCUT2D eigenvalue weighted by molar-refractivity contribution is -0.0959. The number of carbonyl (C=O) groups is 1. The molecule has 0 radical (unpaired) electrons. The summed E-state index contributed by atoms with van der Waals surface area (Å²) in [6, 6.07) is 33.1. The molecule has 0 aliphatic carbocycles. The number of halogens is 1. The van der Waals surface area contributed by atoms with Gasteiger partial charge < -0.3 is 29.4 Å². The maximum absolute atomic E-state index is 16.0. The van der Waals surface area contributed by atoms with Crippen LogP contribution in [0.15, 0.2) is 116 Å². The van der Waals surface area contributed by atoms with Crippen LogP contribution in [0.5, 0.6) is 11.5 Å². The lowest BCUT2D eigenvalue weighted by Gasteiger charge is -2.37. The van der Waals surface area contributed by atoms with Crippen LogP contribution in [0.2, 0.25) is 0 Å². The zero-order chi connectivity index (χ0) is 34.7. The number of anilines is 1. The number of alkyl halides is 1. The molecule has 4 atom stereocenters. The van der Waals surface area contributed by atoms with Gasteiger partial charge in [-0.25, -0.2) is 14.4 Å². The van der Waals surface area contributed by atoms with E-state index in [1.165, 1.54) is 6.33 Å². The number of carbonyl (C=O) groups excluding carboxylic acids is 1. The Morgan fingerprint density at radius 1 is 0.860 bits per heavy atom. The second-order valence-electron chi connectivity index (χ2n) is 11.6. The molecule has 0 spiro atoms. The number of ether oxygens (including phenoxy) is 4. The number of fused-ring (bicyclic) bond motifs is 1. The van der Waals surface area contributed by atoms with Crippen molar-refractivity contribution in [2.45, 2.75) is 30.2 Å². The van der Waals surface area contributed by atoms with Crippen LogP contribution in [-0.4, -0.2) is 75.2 Å². The van der Waals surface area contributed by atoms with Gasteiger partial charge >= 0.3 is 0 Å². The van der Waals surface area contributed by atoms with Gasteiger partial charge in [-0.1, -0.05) is 78.0 Å². The van der Waals surface area contributed by atoms with E-state index in [2.05, 4.69) is 25.6 Å². The second kappa shape index (κ2) is 14.0. The summed E-state index contributed by atoms with van der Waals surface area (Å²) in [7, 11) is 3.18. The van der Waals surface area contributed by atoms with Gasteiger partial charge in [0.1, 0.15) is 35.6 Å². The van der Waals surface area contributed by atoms with Crippen molar-refractivity contribution in [3.63, 3.8) is 0 Å². The lowest BCUT2D eigenvalue weighted by atomic mass is 9.80. The summed E-state index contributed by atoms with van der Waals surface area (Å²) in [5.74, 6) is 1.00. The van der Waals surface area contributed by atoms with Crippen LogP contribution in [0.4, 0.5) is 10.2 Å². The maximum atomic E-state index is 16.0. The van der Waals surface area contributed by atoms with Crippen molar-refractivity contribution in [3.05, 3.63) is 138 Å². The van der Waals surface area contributed by atoms with Gasteiger partial charge in [-0.15, -0.1) is 5.10 Å².